The van der Waals surface area contributed by atoms with Gasteiger partial charge in [-0.15, -0.1) is 0 Å². The molecule has 0 radical (unpaired) electrons. The molecule has 0 aliphatic carbocycles. The van der Waals surface area contributed by atoms with Crippen LogP contribution in [0.15, 0.2) is 51.7 Å². The highest BCUT2D eigenvalue weighted by Gasteiger charge is 2.31. The largest absolute Gasteiger partial charge is 0.416 e. The monoisotopic (exact) mass is 420 g/mol. The van der Waals surface area contributed by atoms with Crippen molar-refractivity contribution in [1.29, 1.82) is 0 Å². The van der Waals surface area contributed by atoms with Gasteiger partial charge in [0.25, 0.3) is 5.56 Å². The first-order valence-corrected chi connectivity index (χ1v) is 8.71. The third kappa shape index (κ3) is 2.86. The van der Waals surface area contributed by atoms with Gasteiger partial charge in [0.2, 0.25) is 0 Å². The van der Waals surface area contributed by atoms with E-state index in [9.17, 15) is 18.0 Å². The number of hydrogen-bond acceptors (Lipinski definition) is 2. The summed E-state index contributed by atoms with van der Waals surface area (Å²) in [6.45, 7) is 0.467. The maximum Gasteiger partial charge on any atom is 0.416 e. The summed E-state index contributed by atoms with van der Waals surface area (Å²) in [5.74, 6) is 0.428. The van der Waals surface area contributed by atoms with Crippen LogP contribution in [0.5, 0.6) is 0 Å². The molecule has 132 valence electrons. The number of halogens is 4. The Morgan fingerprint density at radius 1 is 1.15 bits per heavy atom. The first-order valence-electron chi connectivity index (χ1n) is 7.92. The molecule has 0 saturated heterocycles. The molecule has 0 unspecified atom stereocenters. The van der Waals surface area contributed by atoms with Gasteiger partial charge in [0, 0.05) is 11.0 Å². The predicted molar refractivity (Wildman–Crippen MR) is 97.6 cm³/mol. The van der Waals surface area contributed by atoms with Crippen LogP contribution in [0.3, 0.4) is 0 Å². The van der Waals surface area contributed by atoms with E-state index in [1.807, 2.05) is 30.3 Å². The van der Waals surface area contributed by atoms with E-state index in [-0.39, 0.29) is 16.5 Å². The van der Waals surface area contributed by atoms with Crippen LogP contribution in [0.2, 0.25) is 0 Å². The molecule has 3 nitrogen and oxygen atoms in total. The summed E-state index contributed by atoms with van der Waals surface area (Å²) in [6, 6.07) is 10.7. The van der Waals surface area contributed by atoms with E-state index in [4.69, 9.17) is 0 Å². The second-order valence-electron chi connectivity index (χ2n) is 6.06. The molecular weight excluding hydrogens is 409 g/mol. The molecule has 0 saturated carbocycles. The molecule has 3 aromatic rings. The van der Waals surface area contributed by atoms with Gasteiger partial charge in [-0.1, -0.05) is 34.1 Å². The van der Waals surface area contributed by atoms with Crippen molar-refractivity contribution in [2.45, 2.75) is 19.1 Å². The molecule has 1 aliphatic heterocycles. The number of benzene rings is 2. The fourth-order valence-electron chi connectivity index (χ4n) is 3.11. The predicted octanol–water partition coefficient (Wildman–Crippen LogP) is 5.12. The number of nitrogens with zero attached hydrogens (tertiary/aromatic N) is 2. The Balaban J connectivity index is 1.91. The Bertz CT molecular complexity index is 1120. The second kappa shape index (κ2) is 6.09. The van der Waals surface area contributed by atoms with E-state index in [0.717, 1.165) is 27.7 Å². The zero-order chi connectivity index (χ0) is 18.5. The van der Waals surface area contributed by atoms with E-state index >= 15 is 0 Å². The number of alkyl halides is 3. The minimum atomic E-state index is -4.47. The summed E-state index contributed by atoms with van der Waals surface area (Å²) >= 11 is 3.47. The van der Waals surface area contributed by atoms with Gasteiger partial charge in [0.05, 0.1) is 16.5 Å². The van der Waals surface area contributed by atoms with E-state index in [2.05, 4.69) is 20.9 Å². The summed E-state index contributed by atoms with van der Waals surface area (Å²) < 4.78 is 41.3. The minimum Gasteiger partial charge on any atom is -0.292 e. The Kier molecular flexibility index (Phi) is 3.99. The molecule has 0 N–H and O–H groups in total. The lowest BCUT2D eigenvalue weighted by Crippen LogP contribution is -2.21. The molecule has 2 aromatic carbocycles. The molecule has 1 aliphatic rings. The summed E-state index contributed by atoms with van der Waals surface area (Å²) in [5.41, 5.74) is 0.698. The van der Waals surface area contributed by atoms with Gasteiger partial charge in [-0.05, 0) is 47.9 Å². The minimum absolute atomic E-state index is 0.0657. The van der Waals surface area contributed by atoms with Gasteiger partial charge >= 0.3 is 6.18 Å². The van der Waals surface area contributed by atoms with E-state index < -0.39 is 11.7 Å². The molecule has 0 bridgehead atoms. The standard InChI is InChI=1S/C19H12BrF3N2O/c20-15-4-2-1-3-11(15)9-12-7-8-25-17(12)24-16-10-13(19(21,22)23)5-6-14(16)18(25)26/h1-6,9-10H,7-8H2/b12-9+. The molecule has 2 heterocycles. The summed E-state index contributed by atoms with van der Waals surface area (Å²) in [7, 11) is 0. The molecule has 7 heteroatoms. The normalized spacial score (nSPS) is 15.6. The fraction of sp³-hybridized carbons (Fsp3) is 0.158. The van der Waals surface area contributed by atoms with E-state index in [1.165, 1.54) is 10.6 Å². The van der Waals surface area contributed by atoms with Gasteiger partial charge in [-0.25, -0.2) is 4.98 Å². The lowest BCUT2D eigenvalue weighted by atomic mass is 10.1. The van der Waals surface area contributed by atoms with Crippen molar-refractivity contribution < 1.29 is 13.2 Å². The first-order chi connectivity index (χ1) is 12.3. The van der Waals surface area contributed by atoms with E-state index in [0.29, 0.717) is 18.8 Å². The SMILES string of the molecule is O=c1c2ccc(C(F)(F)F)cc2nc2n1CC/C2=C\c1ccccc1Br. The quantitative estimate of drug-likeness (QED) is 0.547. The van der Waals surface area contributed by atoms with Crippen LogP contribution in [0, 0.1) is 0 Å². The summed E-state index contributed by atoms with van der Waals surface area (Å²) in [4.78, 5) is 17.0. The Labute approximate surface area is 154 Å². The molecule has 0 fully saturated rings. The highest BCUT2D eigenvalue weighted by Crippen LogP contribution is 2.33. The lowest BCUT2D eigenvalue weighted by molar-refractivity contribution is -0.137. The fourth-order valence-corrected chi connectivity index (χ4v) is 3.51. The highest BCUT2D eigenvalue weighted by molar-refractivity contribution is 9.10. The maximum atomic E-state index is 13.0. The number of hydrogen-bond donors (Lipinski definition) is 0. The van der Waals surface area contributed by atoms with Gasteiger partial charge in [0.1, 0.15) is 5.82 Å². The van der Waals surface area contributed by atoms with Crippen molar-refractivity contribution in [2.24, 2.45) is 0 Å². The first kappa shape index (κ1) is 17.0. The molecular formula is C19H12BrF3N2O. The smallest absolute Gasteiger partial charge is 0.292 e. The number of allylic oxidation sites excluding steroid dienone is 1. The van der Waals surface area contributed by atoms with Crippen LogP contribution in [0.1, 0.15) is 23.4 Å². The van der Waals surface area contributed by atoms with Gasteiger partial charge in [-0.2, -0.15) is 13.2 Å². The maximum absolute atomic E-state index is 13.0. The Morgan fingerprint density at radius 3 is 2.65 bits per heavy atom. The van der Waals surface area contributed by atoms with Crippen molar-refractivity contribution in [1.82, 2.24) is 9.55 Å². The van der Waals surface area contributed by atoms with Crippen molar-refractivity contribution in [3.05, 3.63) is 74.2 Å². The summed E-state index contributed by atoms with van der Waals surface area (Å²) in [5, 5.41) is 0.198. The van der Waals surface area contributed by atoms with Crippen molar-refractivity contribution >= 4 is 38.5 Å². The Morgan fingerprint density at radius 2 is 1.92 bits per heavy atom. The molecule has 4 rings (SSSR count). The van der Waals surface area contributed by atoms with E-state index in [1.54, 1.807) is 0 Å². The highest BCUT2D eigenvalue weighted by atomic mass is 79.9. The van der Waals surface area contributed by atoms with Crippen LogP contribution in [-0.2, 0) is 12.7 Å². The summed E-state index contributed by atoms with van der Waals surface area (Å²) in [6.07, 6.45) is -1.96. The van der Waals surface area contributed by atoms with Crippen LogP contribution in [-0.4, -0.2) is 9.55 Å². The average Bonchev–Trinajstić information content (AvgIpc) is 2.99. The lowest BCUT2D eigenvalue weighted by Gasteiger charge is -2.09. The zero-order valence-electron chi connectivity index (χ0n) is 13.3. The number of aromatic nitrogens is 2. The van der Waals surface area contributed by atoms with Crippen LogP contribution >= 0.6 is 15.9 Å². The van der Waals surface area contributed by atoms with Crippen molar-refractivity contribution in [2.75, 3.05) is 0 Å². The van der Waals surface area contributed by atoms with Crippen LogP contribution in [0.4, 0.5) is 13.2 Å². The van der Waals surface area contributed by atoms with Crippen LogP contribution in [0.25, 0.3) is 22.6 Å². The topological polar surface area (TPSA) is 34.9 Å². The van der Waals surface area contributed by atoms with Gasteiger partial charge in [0.15, 0.2) is 0 Å². The third-order valence-electron chi connectivity index (χ3n) is 4.41. The molecule has 26 heavy (non-hydrogen) atoms. The number of fused-ring (bicyclic) bond motifs is 2. The van der Waals surface area contributed by atoms with Crippen molar-refractivity contribution in [3.63, 3.8) is 0 Å². The van der Waals surface area contributed by atoms with Crippen molar-refractivity contribution in [3.8, 4) is 0 Å². The molecule has 1 aromatic heterocycles. The van der Waals surface area contributed by atoms with Gasteiger partial charge in [-0.3, -0.25) is 9.36 Å². The second-order valence-corrected chi connectivity index (χ2v) is 6.92. The molecule has 0 amide bonds. The van der Waals surface area contributed by atoms with Gasteiger partial charge < -0.3 is 0 Å². The average molecular weight is 421 g/mol. The molecule has 0 spiro atoms. The zero-order valence-corrected chi connectivity index (χ0v) is 14.9. The Hall–Kier alpha value is -2.41. The number of rotatable bonds is 1. The van der Waals surface area contributed by atoms with Crippen LogP contribution < -0.4 is 5.56 Å². The molecule has 0 atom stereocenters. The third-order valence-corrected chi connectivity index (χ3v) is 5.13.